The number of benzene rings is 1. The average Bonchev–Trinajstić information content (AvgIpc) is 2.50. The number of ether oxygens (including phenoxy) is 1. The summed E-state index contributed by atoms with van der Waals surface area (Å²) < 4.78 is 5.79. The minimum atomic E-state index is 0.0272. The number of aromatic nitrogens is 2. The predicted molar refractivity (Wildman–Crippen MR) is 80.0 cm³/mol. The van der Waals surface area contributed by atoms with Crippen molar-refractivity contribution in [2.45, 2.75) is 19.4 Å². The number of nitrogens with one attached hydrogen (secondary N) is 1. The van der Waals surface area contributed by atoms with E-state index in [0.717, 1.165) is 24.4 Å². The lowest BCUT2D eigenvalue weighted by Crippen LogP contribution is -2.28. The zero-order valence-electron chi connectivity index (χ0n) is 11.4. The van der Waals surface area contributed by atoms with Crippen LogP contribution < -0.4 is 10.1 Å². The summed E-state index contributed by atoms with van der Waals surface area (Å²) in [6.07, 6.45) is 6.18. The molecule has 2 aromatic rings. The third kappa shape index (κ3) is 4.47. The highest BCUT2D eigenvalue weighted by Gasteiger charge is 2.13. The minimum Gasteiger partial charge on any atom is -0.492 e. The number of rotatable bonds is 7. The van der Waals surface area contributed by atoms with Crippen molar-refractivity contribution >= 4 is 11.6 Å². The van der Waals surface area contributed by atoms with Crippen molar-refractivity contribution in [1.29, 1.82) is 0 Å². The van der Waals surface area contributed by atoms with E-state index in [4.69, 9.17) is 16.3 Å². The molecule has 4 nitrogen and oxygen atoms in total. The van der Waals surface area contributed by atoms with Crippen molar-refractivity contribution in [1.82, 2.24) is 15.3 Å². The third-order valence-electron chi connectivity index (χ3n) is 2.81. The lowest BCUT2D eigenvalue weighted by atomic mass is 10.2. The highest BCUT2D eigenvalue weighted by atomic mass is 35.5. The van der Waals surface area contributed by atoms with Gasteiger partial charge in [-0.05, 0) is 37.2 Å². The van der Waals surface area contributed by atoms with Gasteiger partial charge in [-0.15, -0.1) is 0 Å². The van der Waals surface area contributed by atoms with Gasteiger partial charge in [0.05, 0.1) is 17.9 Å². The fourth-order valence-corrected chi connectivity index (χ4v) is 1.89. The number of hydrogen-bond donors (Lipinski definition) is 1. The first-order valence-electron chi connectivity index (χ1n) is 6.67. The topological polar surface area (TPSA) is 47.0 Å². The first-order chi connectivity index (χ1) is 9.79. The van der Waals surface area contributed by atoms with Crippen LogP contribution in [0.2, 0.25) is 5.02 Å². The molecule has 1 heterocycles. The molecule has 1 unspecified atom stereocenters. The van der Waals surface area contributed by atoms with E-state index >= 15 is 0 Å². The highest BCUT2D eigenvalue weighted by molar-refractivity contribution is 6.30. The maximum absolute atomic E-state index is 5.85. The molecule has 0 fully saturated rings. The molecule has 0 aliphatic carbocycles. The summed E-state index contributed by atoms with van der Waals surface area (Å²) >= 11 is 5.85. The fraction of sp³-hybridized carbons (Fsp3) is 0.333. The van der Waals surface area contributed by atoms with E-state index in [0.29, 0.717) is 11.6 Å². The van der Waals surface area contributed by atoms with Gasteiger partial charge in [-0.3, -0.25) is 9.97 Å². The van der Waals surface area contributed by atoms with Gasteiger partial charge in [0.15, 0.2) is 0 Å². The normalized spacial score (nSPS) is 12.1. The number of nitrogens with zero attached hydrogens (tertiary/aromatic N) is 2. The van der Waals surface area contributed by atoms with E-state index in [1.165, 1.54) is 0 Å². The molecule has 1 aromatic heterocycles. The van der Waals surface area contributed by atoms with Crippen LogP contribution in [0.3, 0.4) is 0 Å². The van der Waals surface area contributed by atoms with Gasteiger partial charge in [0, 0.05) is 17.4 Å². The van der Waals surface area contributed by atoms with Gasteiger partial charge in [0.25, 0.3) is 0 Å². The molecule has 0 saturated carbocycles. The van der Waals surface area contributed by atoms with Crippen molar-refractivity contribution < 1.29 is 4.74 Å². The van der Waals surface area contributed by atoms with Gasteiger partial charge in [-0.25, -0.2) is 0 Å². The van der Waals surface area contributed by atoms with Crippen LogP contribution in [0.25, 0.3) is 0 Å². The average molecular weight is 292 g/mol. The molecule has 1 atom stereocenters. The molecule has 0 aliphatic rings. The second kappa shape index (κ2) is 7.82. The summed E-state index contributed by atoms with van der Waals surface area (Å²) in [7, 11) is 0. The molecule has 0 saturated heterocycles. The fourth-order valence-electron chi connectivity index (χ4n) is 1.77. The number of hydrogen-bond acceptors (Lipinski definition) is 4. The summed E-state index contributed by atoms with van der Waals surface area (Å²) in [5.74, 6) is 0.793. The monoisotopic (exact) mass is 291 g/mol. The Bertz CT molecular complexity index is 504. The highest BCUT2D eigenvalue weighted by Crippen LogP contribution is 2.17. The van der Waals surface area contributed by atoms with E-state index in [1.54, 1.807) is 18.6 Å². The van der Waals surface area contributed by atoms with Gasteiger partial charge in [-0.2, -0.15) is 0 Å². The Morgan fingerprint density at radius 3 is 2.70 bits per heavy atom. The van der Waals surface area contributed by atoms with Crippen LogP contribution in [0.4, 0.5) is 0 Å². The zero-order chi connectivity index (χ0) is 14.2. The summed E-state index contributed by atoms with van der Waals surface area (Å²) in [5, 5.41) is 4.11. The minimum absolute atomic E-state index is 0.0272. The molecule has 2 rings (SSSR count). The standard InChI is InChI=1S/C15H18ClN3O/c1-2-7-18-15(14-10-17-8-9-19-14)11-20-13-5-3-12(16)4-6-13/h3-6,8-10,15,18H,2,7,11H2,1H3. The van der Waals surface area contributed by atoms with Crippen molar-refractivity contribution in [3.63, 3.8) is 0 Å². The van der Waals surface area contributed by atoms with Gasteiger partial charge >= 0.3 is 0 Å². The van der Waals surface area contributed by atoms with Crippen LogP contribution in [0, 0.1) is 0 Å². The molecule has 0 aliphatic heterocycles. The third-order valence-corrected chi connectivity index (χ3v) is 3.06. The van der Waals surface area contributed by atoms with Gasteiger partial charge in [-0.1, -0.05) is 18.5 Å². The van der Waals surface area contributed by atoms with Gasteiger partial charge < -0.3 is 10.1 Å². The Labute approximate surface area is 124 Å². The largest absolute Gasteiger partial charge is 0.492 e. The molecule has 0 amide bonds. The van der Waals surface area contributed by atoms with Crippen LogP contribution in [0.1, 0.15) is 25.1 Å². The first kappa shape index (κ1) is 14.8. The van der Waals surface area contributed by atoms with Crippen molar-refractivity contribution in [2.75, 3.05) is 13.2 Å². The lowest BCUT2D eigenvalue weighted by Gasteiger charge is -2.18. The quantitative estimate of drug-likeness (QED) is 0.851. The molecule has 1 N–H and O–H groups in total. The molecule has 0 spiro atoms. The molecular formula is C15H18ClN3O. The van der Waals surface area contributed by atoms with Crippen LogP contribution in [0.15, 0.2) is 42.9 Å². The second-order valence-electron chi connectivity index (χ2n) is 4.40. The Kier molecular flexibility index (Phi) is 5.77. The van der Waals surface area contributed by atoms with Crippen molar-refractivity contribution in [2.24, 2.45) is 0 Å². The molecular weight excluding hydrogens is 274 g/mol. The second-order valence-corrected chi connectivity index (χ2v) is 4.84. The SMILES string of the molecule is CCCNC(COc1ccc(Cl)cc1)c1cnccn1. The van der Waals surface area contributed by atoms with E-state index in [-0.39, 0.29) is 6.04 Å². The van der Waals surface area contributed by atoms with Crippen molar-refractivity contribution in [3.8, 4) is 5.75 Å². The first-order valence-corrected chi connectivity index (χ1v) is 7.05. The molecule has 106 valence electrons. The van der Waals surface area contributed by atoms with E-state index in [2.05, 4.69) is 22.2 Å². The molecule has 20 heavy (non-hydrogen) atoms. The van der Waals surface area contributed by atoms with Crippen LogP contribution >= 0.6 is 11.6 Å². The Morgan fingerprint density at radius 2 is 2.05 bits per heavy atom. The Hall–Kier alpha value is -1.65. The summed E-state index contributed by atoms with van der Waals surface area (Å²) in [4.78, 5) is 8.44. The summed E-state index contributed by atoms with van der Waals surface area (Å²) in [5.41, 5.74) is 0.884. The van der Waals surface area contributed by atoms with Gasteiger partial charge in [0.1, 0.15) is 12.4 Å². The summed E-state index contributed by atoms with van der Waals surface area (Å²) in [6.45, 7) is 3.53. The van der Waals surface area contributed by atoms with Crippen molar-refractivity contribution in [3.05, 3.63) is 53.6 Å². The van der Waals surface area contributed by atoms with E-state index in [1.807, 2.05) is 24.3 Å². The smallest absolute Gasteiger partial charge is 0.119 e. The van der Waals surface area contributed by atoms with Crippen LogP contribution in [-0.2, 0) is 0 Å². The van der Waals surface area contributed by atoms with Crippen LogP contribution in [0.5, 0.6) is 5.75 Å². The van der Waals surface area contributed by atoms with E-state index in [9.17, 15) is 0 Å². The molecule has 1 aromatic carbocycles. The van der Waals surface area contributed by atoms with E-state index < -0.39 is 0 Å². The van der Waals surface area contributed by atoms with Gasteiger partial charge in [0.2, 0.25) is 0 Å². The van der Waals surface area contributed by atoms with Crippen LogP contribution in [-0.4, -0.2) is 23.1 Å². The lowest BCUT2D eigenvalue weighted by molar-refractivity contribution is 0.263. The molecule has 0 bridgehead atoms. The predicted octanol–water partition coefficient (Wildman–Crippen LogP) is 3.25. The Balaban J connectivity index is 1.99. The Morgan fingerprint density at radius 1 is 1.25 bits per heavy atom. The number of halogens is 1. The maximum Gasteiger partial charge on any atom is 0.119 e. The molecule has 0 radical (unpaired) electrons. The zero-order valence-corrected chi connectivity index (χ0v) is 12.2. The maximum atomic E-state index is 5.85. The molecule has 5 heteroatoms. The summed E-state index contributed by atoms with van der Waals surface area (Å²) in [6, 6.07) is 7.37.